The van der Waals surface area contributed by atoms with E-state index in [1.165, 1.54) is 12.8 Å². The van der Waals surface area contributed by atoms with Gasteiger partial charge in [0.25, 0.3) is 5.91 Å². The Bertz CT molecular complexity index is 691. The fourth-order valence-corrected chi connectivity index (χ4v) is 3.09. The molecule has 0 radical (unpaired) electrons. The zero-order chi connectivity index (χ0) is 16.9. The molecule has 24 heavy (non-hydrogen) atoms. The molecule has 0 aromatic heterocycles. The number of carbonyl (C=O) groups is 1. The number of anilines is 1. The minimum Gasteiger partial charge on any atom is -0.387 e. The van der Waals surface area contributed by atoms with Gasteiger partial charge in [-0.25, -0.2) is 0 Å². The third-order valence-corrected chi connectivity index (χ3v) is 4.51. The van der Waals surface area contributed by atoms with Crippen molar-refractivity contribution in [3.63, 3.8) is 0 Å². The SMILES string of the molecule is Cc1ccc([C@@H](O)CNC(=O)c2ccccc2N2CCCC2)cc1. The number of hydrogen-bond acceptors (Lipinski definition) is 3. The van der Waals surface area contributed by atoms with Crippen molar-refractivity contribution in [2.75, 3.05) is 24.5 Å². The molecule has 1 saturated heterocycles. The number of hydrogen-bond donors (Lipinski definition) is 2. The molecule has 1 atom stereocenters. The number of carbonyl (C=O) groups excluding carboxylic acids is 1. The van der Waals surface area contributed by atoms with E-state index in [1.54, 1.807) is 0 Å². The van der Waals surface area contributed by atoms with Crippen LogP contribution in [0.25, 0.3) is 0 Å². The van der Waals surface area contributed by atoms with Crippen LogP contribution in [0, 0.1) is 6.92 Å². The van der Waals surface area contributed by atoms with Crippen molar-refractivity contribution < 1.29 is 9.90 Å². The van der Waals surface area contributed by atoms with E-state index in [9.17, 15) is 9.90 Å². The summed E-state index contributed by atoms with van der Waals surface area (Å²) in [5, 5.41) is 13.1. The fourth-order valence-electron chi connectivity index (χ4n) is 3.09. The molecule has 1 aliphatic heterocycles. The highest BCUT2D eigenvalue weighted by Gasteiger charge is 2.19. The number of aliphatic hydroxyl groups excluding tert-OH is 1. The number of amides is 1. The molecule has 0 unspecified atom stereocenters. The van der Waals surface area contributed by atoms with Crippen molar-refractivity contribution in [1.29, 1.82) is 0 Å². The molecule has 1 heterocycles. The minimum atomic E-state index is -0.700. The van der Waals surface area contributed by atoms with Gasteiger partial charge in [-0.15, -0.1) is 0 Å². The van der Waals surface area contributed by atoms with Crippen LogP contribution < -0.4 is 10.2 Å². The predicted octanol–water partition coefficient (Wildman–Crippen LogP) is 3.06. The highest BCUT2D eigenvalue weighted by Crippen LogP contribution is 2.24. The van der Waals surface area contributed by atoms with Crippen LogP contribution in [0.5, 0.6) is 0 Å². The first kappa shape index (κ1) is 16.5. The third-order valence-electron chi connectivity index (χ3n) is 4.51. The maximum absolute atomic E-state index is 12.6. The third kappa shape index (κ3) is 3.77. The maximum Gasteiger partial charge on any atom is 0.253 e. The lowest BCUT2D eigenvalue weighted by Gasteiger charge is -2.21. The Hall–Kier alpha value is -2.33. The minimum absolute atomic E-state index is 0.135. The van der Waals surface area contributed by atoms with Gasteiger partial charge in [0.1, 0.15) is 0 Å². The number of aliphatic hydroxyl groups is 1. The highest BCUT2D eigenvalue weighted by atomic mass is 16.3. The molecule has 1 aliphatic rings. The van der Waals surface area contributed by atoms with Crippen molar-refractivity contribution in [3.8, 4) is 0 Å². The molecule has 0 bridgehead atoms. The summed E-state index contributed by atoms with van der Waals surface area (Å²) in [5.74, 6) is -0.135. The normalized spacial score (nSPS) is 15.3. The first-order valence-electron chi connectivity index (χ1n) is 8.52. The Labute approximate surface area is 143 Å². The molecule has 126 valence electrons. The van der Waals surface area contributed by atoms with Crippen molar-refractivity contribution in [2.45, 2.75) is 25.9 Å². The molecule has 2 N–H and O–H groups in total. The molecule has 2 aromatic carbocycles. The largest absolute Gasteiger partial charge is 0.387 e. The van der Waals surface area contributed by atoms with Crippen LogP contribution >= 0.6 is 0 Å². The van der Waals surface area contributed by atoms with Gasteiger partial charge in [-0.1, -0.05) is 42.0 Å². The Morgan fingerprint density at radius 2 is 1.79 bits per heavy atom. The van der Waals surface area contributed by atoms with Crippen LogP contribution in [0.3, 0.4) is 0 Å². The van der Waals surface area contributed by atoms with E-state index in [-0.39, 0.29) is 12.5 Å². The molecular formula is C20H24N2O2. The summed E-state index contributed by atoms with van der Waals surface area (Å²) in [6, 6.07) is 15.4. The van der Waals surface area contributed by atoms with E-state index >= 15 is 0 Å². The summed E-state index contributed by atoms with van der Waals surface area (Å²) in [7, 11) is 0. The Kier molecular flexibility index (Phi) is 5.16. The van der Waals surface area contributed by atoms with Gasteiger partial charge in [-0.3, -0.25) is 4.79 Å². The number of nitrogens with zero attached hydrogens (tertiary/aromatic N) is 1. The molecule has 0 saturated carbocycles. The molecule has 4 nitrogen and oxygen atoms in total. The molecule has 2 aromatic rings. The summed E-state index contributed by atoms with van der Waals surface area (Å²) < 4.78 is 0. The Balaban J connectivity index is 1.66. The molecule has 0 aliphatic carbocycles. The second-order valence-electron chi connectivity index (χ2n) is 6.35. The smallest absolute Gasteiger partial charge is 0.253 e. The van der Waals surface area contributed by atoms with Crippen molar-refractivity contribution in [1.82, 2.24) is 5.32 Å². The van der Waals surface area contributed by atoms with Crippen molar-refractivity contribution in [2.24, 2.45) is 0 Å². The lowest BCUT2D eigenvalue weighted by atomic mass is 10.1. The Morgan fingerprint density at radius 3 is 2.50 bits per heavy atom. The molecule has 1 amide bonds. The lowest BCUT2D eigenvalue weighted by molar-refractivity contribution is 0.0917. The molecule has 1 fully saturated rings. The van der Waals surface area contributed by atoms with Gasteiger partial charge >= 0.3 is 0 Å². The highest BCUT2D eigenvalue weighted by molar-refractivity contribution is 5.99. The monoisotopic (exact) mass is 324 g/mol. The van der Waals surface area contributed by atoms with Gasteiger partial charge < -0.3 is 15.3 Å². The second kappa shape index (κ2) is 7.49. The van der Waals surface area contributed by atoms with Gasteiger partial charge in [-0.2, -0.15) is 0 Å². The number of aryl methyl sites for hydroxylation is 1. The van der Waals surface area contributed by atoms with Gasteiger partial charge in [0, 0.05) is 25.3 Å². The lowest BCUT2D eigenvalue weighted by Crippen LogP contribution is -2.30. The van der Waals surface area contributed by atoms with E-state index < -0.39 is 6.10 Å². The van der Waals surface area contributed by atoms with Crippen LogP contribution in [0.15, 0.2) is 48.5 Å². The van der Waals surface area contributed by atoms with E-state index in [4.69, 9.17) is 0 Å². The van der Waals surface area contributed by atoms with Crippen molar-refractivity contribution in [3.05, 3.63) is 65.2 Å². The van der Waals surface area contributed by atoms with Crippen LogP contribution in [-0.4, -0.2) is 30.6 Å². The fraction of sp³-hybridized carbons (Fsp3) is 0.350. The van der Waals surface area contributed by atoms with Gasteiger partial charge in [0.2, 0.25) is 0 Å². The van der Waals surface area contributed by atoms with Gasteiger partial charge in [0.05, 0.1) is 11.7 Å². The molecule has 4 heteroatoms. The zero-order valence-electron chi connectivity index (χ0n) is 14.0. The van der Waals surface area contributed by atoms with Crippen LogP contribution in [0.1, 0.15) is 40.4 Å². The number of benzene rings is 2. The average molecular weight is 324 g/mol. The van der Waals surface area contributed by atoms with E-state index in [0.29, 0.717) is 5.56 Å². The van der Waals surface area contributed by atoms with E-state index in [0.717, 1.165) is 29.9 Å². The van der Waals surface area contributed by atoms with Crippen LogP contribution in [0.2, 0.25) is 0 Å². The predicted molar refractivity (Wildman–Crippen MR) is 96.4 cm³/mol. The average Bonchev–Trinajstić information content (AvgIpc) is 3.14. The molecular weight excluding hydrogens is 300 g/mol. The first-order chi connectivity index (χ1) is 11.6. The standard InChI is InChI=1S/C20H24N2O2/c1-15-8-10-16(11-9-15)19(23)14-21-20(24)17-6-2-3-7-18(17)22-12-4-5-13-22/h2-3,6-11,19,23H,4-5,12-14H2,1H3,(H,21,24)/t19-/m0/s1. The number of para-hydroxylation sites is 1. The number of nitrogens with one attached hydrogen (secondary N) is 1. The van der Waals surface area contributed by atoms with Gasteiger partial charge in [-0.05, 0) is 37.5 Å². The summed E-state index contributed by atoms with van der Waals surface area (Å²) in [6.07, 6.45) is 1.64. The molecule has 3 rings (SSSR count). The second-order valence-corrected chi connectivity index (χ2v) is 6.35. The summed E-state index contributed by atoms with van der Waals surface area (Å²) in [4.78, 5) is 14.8. The quantitative estimate of drug-likeness (QED) is 0.889. The molecule has 0 spiro atoms. The zero-order valence-corrected chi connectivity index (χ0v) is 14.0. The van der Waals surface area contributed by atoms with Crippen molar-refractivity contribution >= 4 is 11.6 Å². The maximum atomic E-state index is 12.6. The van der Waals surface area contributed by atoms with Crippen LogP contribution in [-0.2, 0) is 0 Å². The summed E-state index contributed by atoms with van der Waals surface area (Å²) in [6.45, 7) is 4.20. The number of rotatable bonds is 5. The first-order valence-corrected chi connectivity index (χ1v) is 8.52. The van der Waals surface area contributed by atoms with E-state index in [2.05, 4.69) is 10.2 Å². The van der Waals surface area contributed by atoms with Gasteiger partial charge in [0.15, 0.2) is 0 Å². The topological polar surface area (TPSA) is 52.6 Å². The Morgan fingerprint density at radius 1 is 1.12 bits per heavy atom. The van der Waals surface area contributed by atoms with Crippen LogP contribution in [0.4, 0.5) is 5.69 Å². The van der Waals surface area contributed by atoms with E-state index in [1.807, 2.05) is 55.5 Å². The summed E-state index contributed by atoms with van der Waals surface area (Å²) >= 11 is 0. The summed E-state index contributed by atoms with van der Waals surface area (Å²) in [5.41, 5.74) is 3.62.